The first-order chi connectivity index (χ1) is 8.22. The summed E-state index contributed by atoms with van der Waals surface area (Å²) in [4.78, 5) is 1.33. The monoisotopic (exact) mass is 302 g/mol. The number of hydrogen-bond donors (Lipinski definition) is 0. The van der Waals surface area contributed by atoms with Crippen LogP contribution in [0.15, 0.2) is 53.0 Å². The van der Waals surface area contributed by atoms with Gasteiger partial charge >= 0.3 is 0 Å². The van der Waals surface area contributed by atoms with Crippen molar-refractivity contribution in [3.05, 3.63) is 58.6 Å². The zero-order valence-corrected chi connectivity index (χ0v) is 11.8. The van der Waals surface area contributed by atoms with E-state index in [0.717, 1.165) is 4.47 Å². The van der Waals surface area contributed by atoms with E-state index < -0.39 is 0 Å². The third-order valence-electron chi connectivity index (χ3n) is 2.78. The van der Waals surface area contributed by atoms with Crippen LogP contribution in [-0.4, -0.2) is 0 Å². The summed E-state index contributed by atoms with van der Waals surface area (Å²) >= 11 is 5.37. The van der Waals surface area contributed by atoms with Gasteiger partial charge in [-0.2, -0.15) is 0 Å². The molecule has 0 spiro atoms. The van der Waals surface area contributed by atoms with E-state index in [0.29, 0.717) is 0 Å². The molecule has 2 heteroatoms. The maximum absolute atomic E-state index is 3.52. The molecule has 2 aromatic carbocycles. The average Bonchev–Trinajstić information content (AvgIpc) is 2.72. The maximum atomic E-state index is 3.52. The standard InChI is InChI=1S/C15H11BrS/c1-10-5-6-12-9-15(17-14(12)7-10)11-3-2-4-13(16)8-11/h2-9H,1H3. The van der Waals surface area contributed by atoms with E-state index in [1.807, 2.05) is 11.3 Å². The van der Waals surface area contributed by atoms with Gasteiger partial charge in [-0.05, 0) is 47.7 Å². The van der Waals surface area contributed by atoms with Gasteiger partial charge in [0.05, 0.1) is 0 Å². The predicted octanol–water partition coefficient (Wildman–Crippen LogP) is 5.64. The number of halogens is 1. The first-order valence-corrected chi connectivity index (χ1v) is 7.09. The van der Waals surface area contributed by atoms with Gasteiger partial charge in [0, 0.05) is 14.0 Å². The van der Waals surface area contributed by atoms with Crippen LogP contribution in [0.2, 0.25) is 0 Å². The molecule has 1 aromatic heterocycles. The SMILES string of the molecule is Cc1ccc2cc(-c3cccc(Br)c3)sc2c1. The van der Waals surface area contributed by atoms with E-state index in [2.05, 4.69) is 71.4 Å². The van der Waals surface area contributed by atoms with Crippen molar-refractivity contribution in [2.24, 2.45) is 0 Å². The molecule has 0 radical (unpaired) electrons. The number of benzene rings is 2. The molecular weight excluding hydrogens is 292 g/mol. The third kappa shape index (κ3) is 2.15. The molecule has 0 saturated heterocycles. The largest absolute Gasteiger partial charge is 0.135 e. The van der Waals surface area contributed by atoms with E-state index >= 15 is 0 Å². The van der Waals surface area contributed by atoms with Crippen molar-refractivity contribution in [2.45, 2.75) is 6.92 Å². The van der Waals surface area contributed by atoms with E-state index in [-0.39, 0.29) is 0 Å². The van der Waals surface area contributed by atoms with Crippen molar-refractivity contribution in [3.8, 4) is 10.4 Å². The zero-order valence-electron chi connectivity index (χ0n) is 9.41. The molecule has 0 aliphatic rings. The third-order valence-corrected chi connectivity index (χ3v) is 4.42. The van der Waals surface area contributed by atoms with Crippen molar-refractivity contribution >= 4 is 37.4 Å². The van der Waals surface area contributed by atoms with Crippen LogP contribution in [0.1, 0.15) is 5.56 Å². The van der Waals surface area contributed by atoms with E-state index in [1.54, 1.807) is 0 Å². The molecular formula is C15H11BrS. The first kappa shape index (κ1) is 11.0. The van der Waals surface area contributed by atoms with E-state index in [4.69, 9.17) is 0 Å². The number of fused-ring (bicyclic) bond motifs is 1. The summed E-state index contributed by atoms with van der Waals surface area (Å²) in [6, 6.07) is 17.3. The first-order valence-electron chi connectivity index (χ1n) is 5.48. The van der Waals surface area contributed by atoms with Gasteiger partial charge in [0.15, 0.2) is 0 Å². The molecule has 3 rings (SSSR count). The lowest BCUT2D eigenvalue weighted by molar-refractivity contribution is 1.52. The molecule has 17 heavy (non-hydrogen) atoms. The molecule has 0 unspecified atom stereocenters. The van der Waals surface area contributed by atoms with Crippen molar-refractivity contribution in [1.82, 2.24) is 0 Å². The van der Waals surface area contributed by atoms with Crippen LogP contribution < -0.4 is 0 Å². The summed E-state index contributed by atoms with van der Waals surface area (Å²) in [7, 11) is 0. The quantitative estimate of drug-likeness (QED) is 0.546. The Morgan fingerprint density at radius 3 is 2.71 bits per heavy atom. The Hall–Kier alpha value is -1.12. The topological polar surface area (TPSA) is 0 Å². The minimum Gasteiger partial charge on any atom is -0.135 e. The van der Waals surface area contributed by atoms with Crippen LogP contribution in [0.25, 0.3) is 20.5 Å². The predicted molar refractivity (Wildman–Crippen MR) is 79.7 cm³/mol. The fraction of sp³-hybridized carbons (Fsp3) is 0.0667. The lowest BCUT2D eigenvalue weighted by Gasteiger charge is -1.96. The molecule has 0 aliphatic carbocycles. The molecule has 0 nitrogen and oxygen atoms in total. The van der Waals surface area contributed by atoms with Gasteiger partial charge < -0.3 is 0 Å². The van der Waals surface area contributed by atoms with Gasteiger partial charge in [-0.1, -0.05) is 40.2 Å². The minimum absolute atomic E-state index is 1.13. The molecule has 0 N–H and O–H groups in total. The second kappa shape index (κ2) is 4.28. The Kier molecular flexibility index (Phi) is 2.77. The molecule has 3 aromatic rings. The Morgan fingerprint density at radius 1 is 1.00 bits per heavy atom. The number of aryl methyl sites for hydroxylation is 1. The van der Waals surface area contributed by atoms with Gasteiger partial charge in [0.1, 0.15) is 0 Å². The summed E-state index contributed by atoms with van der Waals surface area (Å²) in [6.45, 7) is 2.14. The summed E-state index contributed by atoms with van der Waals surface area (Å²) < 4.78 is 2.49. The average molecular weight is 303 g/mol. The highest BCUT2D eigenvalue weighted by atomic mass is 79.9. The normalized spacial score (nSPS) is 10.9. The molecule has 0 aliphatic heterocycles. The highest BCUT2D eigenvalue weighted by Crippen LogP contribution is 2.34. The molecule has 0 bridgehead atoms. The van der Waals surface area contributed by atoms with E-state index in [9.17, 15) is 0 Å². The minimum atomic E-state index is 1.13. The fourth-order valence-electron chi connectivity index (χ4n) is 1.92. The lowest BCUT2D eigenvalue weighted by Crippen LogP contribution is -1.70. The zero-order chi connectivity index (χ0) is 11.8. The lowest BCUT2D eigenvalue weighted by atomic mass is 10.1. The van der Waals surface area contributed by atoms with Crippen molar-refractivity contribution in [1.29, 1.82) is 0 Å². The fourth-order valence-corrected chi connectivity index (χ4v) is 3.48. The maximum Gasteiger partial charge on any atom is 0.0355 e. The second-order valence-corrected chi connectivity index (χ2v) is 6.16. The van der Waals surface area contributed by atoms with Gasteiger partial charge in [0.2, 0.25) is 0 Å². The van der Waals surface area contributed by atoms with E-state index in [1.165, 1.54) is 26.1 Å². The van der Waals surface area contributed by atoms with Crippen LogP contribution in [0.5, 0.6) is 0 Å². The van der Waals surface area contributed by atoms with Crippen LogP contribution in [0, 0.1) is 6.92 Å². The van der Waals surface area contributed by atoms with Crippen LogP contribution in [-0.2, 0) is 0 Å². The van der Waals surface area contributed by atoms with Gasteiger partial charge in [-0.15, -0.1) is 11.3 Å². The van der Waals surface area contributed by atoms with Crippen molar-refractivity contribution < 1.29 is 0 Å². The molecule has 0 fully saturated rings. The summed E-state index contributed by atoms with van der Waals surface area (Å²) in [5.41, 5.74) is 2.60. The molecule has 0 saturated carbocycles. The number of hydrogen-bond acceptors (Lipinski definition) is 1. The van der Waals surface area contributed by atoms with Crippen molar-refractivity contribution in [3.63, 3.8) is 0 Å². The van der Waals surface area contributed by atoms with Gasteiger partial charge in [-0.25, -0.2) is 0 Å². The van der Waals surface area contributed by atoms with Crippen LogP contribution in [0.4, 0.5) is 0 Å². The number of rotatable bonds is 1. The highest BCUT2D eigenvalue weighted by Gasteiger charge is 2.04. The molecule has 0 amide bonds. The number of thiophene rings is 1. The molecule has 0 atom stereocenters. The molecule has 1 heterocycles. The Labute approximate surface area is 113 Å². The summed E-state index contributed by atoms with van der Waals surface area (Å²) in [5.74, 6) is 0. The van der Waals surface area contributed by atoms with Gasteiger partial charge in [-0.3, -0.25) is 0 Å². The van der Waals surface area contributed by atoms with Crippen LogP contribution >= 0.6 is 27.3 Å². The van der Waals surface area contributed by atoms with Crippen molar-refractivity contribution in [2.75, 3.05) is 0 Å². The highest BCUT2D eigenvalue weighted by molar-refractivity contribution is 9.10. The Bertz CT molecular complexity index is 682. The summed E-state index contributed by atoms with van der Waals surface area (Å²) in [6.07, 6.45) is 0. The Balaban J connectivity index is 2.18. The summed E-state index contributed by atoms with van der Waals surface area (Å²) in [5, 5.41) is 1.33. The Morgan fingerprint density at radius 2 is 1.88 bits per heavy atom. The molecule has 84 valence electrons. The van der Waals surface area contributed by atoms with Gasteiger partial charge in [0.25, 0.3) is 0 Å². The van der Waals surface area contributed by atoms with Crippen LogP contribution in [0.3, 0.4) is 0 Å². The second-order valence-electron chi connectivity index (χ2n) is 4.16. The smallest absolute Gasteiger partial charge is 0.0355 e.